The number of carbonyl (C=O) groups is 1. The summed E-state index contributed by atoms with van der Waals surface area (Å²) >= 11 is 0. The van der Waals surface area contributed by atoms with Gasteiger partial charge in [-0.1, -0.05) is 5.16 Å². The number of amides is 1. The van der Waals surface area contributed by atoms with Gasteiger partial charge in [0.1, 0.15) is 12.0 Å². The SMILES string of the molecule is CN(Cc1ccon1)C(=O)C(C)(C)CN.Cl. The molecule has 0 spiro atoms. The fourth-order valence-corrected chi connectivity index (χ4v) is 1.24. The summed E-state index contributed by atoms with van der Waals surface area (Å²) in [5.41, 5.74) is 5.74. The van der Waals surface area contributed by atoms with E-state index in [-0.39, 0.29) is 18.3 Å². The first-order valence-corrected chi connectivity index (χ1v) is 4.82. The average Bonchev–Trinajstić information content (AvgIpc) is 2.69. The molecule has 6 heteroatoms. The molecule has 1 aromatic rings. The van der Waals surface area contributed by atoms with Crippen molar-refractivity contribution < 1.29 is 9.32 Å². The van der Waals surface area contributed by atoms with Crippen molar-refractivity contribution in [2.75, 3.05) is 13.6 Å². The summed E-state index contributed by atoms with van der Waals surface area (Å²) in [4.78, 5) is 13.5. The van der Waals surface area contributed by atoms with Crippen LogP contribution < -0.4 is 5.73 Å². The van der Waals surface area contributed by atoms with Crippen LogP contribution in [0.1, 0.15) is 19.5 Å². The second-order valence-electron chi connectivity index (χ2n) is 4.24. The van der Waals surface area contributed by atoms with Crippen molar-refractivity contribution in [3.63, 3.8) is 0 Å². The molecule has 0 saturated carbocycles. The minimum Gasteiger partial charge on any atom is -0.364 e. The van der Waals surface area contributed by atoms with Crippen molar-refractivity contribution >= 4 is 18.3 Å². The molecule has 0 aromatic carbocycles. The first-order chi connectivity index (χ1) is 6.97. The van der Waals surface area contributed by atoms with Crippen LogP contribution >= 0.6 is 12.4 Å². The Morgan fingerprint density at radius 3 is 2.69 bits per heavy atom. The van der Waals surface area contributed by atoms with Gasteiger partial charge in [0.2, 0.25) is 5.91 Å². The van der Waals surface area contributed by atoms with E-state index >= 15 is 0 Å². The molecule has 0 atom stereocenters. The number of rotatable bonds is 4. The number of aromatic nitrogens is 1. The van der Waals surface area contributed by atoms with Gasteiger partial charge in [-0.3, -0.25) is 4.79 Å². The molecule has 2 N–H and O–H groups in total. The number of nitrogens with two attached hydrogens (primary N) is 1. The molecule has 1 rings (SSSR count). The first kappa shape index (κ1) is 14.9. The highest BCUT2D eigenvalue weighted by atomic mass is 35.5. The van der Waals surface area contributed by atoms with Gasteiger partial charge < -0.3 is 15.2 Å². The third-order valence-electron chi connectivity index (χ3n) is 2.33. The molecule has 0 aliphatic rings. The fraction of sp³-hybridized carbons (Fsp3) is 0.600. The maximum Gasteiger partial charge on any atom is 0.229 e. The van der Waals surface area contributed by atoms with E-state index in [2.05, 4.69) is 5.16 Å². The normalized spacial score (nSPS) is 10.8. The van der Waals surface area contributed by atoms with E-state index in [1.54, 1.807) is 18.0 Å². The van der Waals surface area contributed by atoms with Crippen LogP contribution in [-0.2, 0) is 11.3 Å². The van der Waals surface area contributed by atoms with Crippen LogP contribution in [0.4, 0.5) is 0 Å². The lowest BCUT2D eigenvalue weighted by atomic mass is 9.92. The highest BCUT2D eigenvalue weighted by Crippen LogP contribution is 2.17. The van der Waals surface area contributed by atoms with Gasteiger partial charge in [-0.15, -0.1) is 12.4 Å². The zero-order valence-electron chi connectivity index (χ0n) is 9.77. The van der Waals surface area contributed by atoms with Crippen LogP contribution in [0.2, 0.25) is 0 Å². The largest absolute Gasteiger partial charge is 0.364 e. The Morgan fingerprint density at radius 2 is 2.25 bits per heavy atom. The zero-order valence-corrected chi connectivity index (χ0v) is 10.6. The summed E-state index contributed by atoms with van der Waals surface area (Å²) in [7, 11) is 1.73. The Bertz CT molecular complexity index is 325. The van der Waals surface area contributed by atoms with Crippen LogP contribution in [0.25, 0.3) is 0 Å². The minimum absolute atomic E-state index is 0. The third kappa shape index (κ3) is 3.50. The molecule has 0 radical (unpaired) electrons. The Morgan fingerprint density at radius 1 is 1.62 bits per heavy atom. The fourth-order valence-electron chi connectivity index (χ4n) is 1.24. The maximum absolute atomic E-state index is 11.9. The molecule has 1 aromatic heterocycles. The molecule has 92 valence electrons. The summed E-state index contributed by atoms with van der Waals surface area (Å²) in [6.07, 6.45) is 1.49. The molecule has 0 unspecified atom stereocenters. The van der Waals surface area contributed by atoms with Gasteiger partial charge in [0, 0.05) is 19.7 Å². The van der Waals surface area contributed by atoms with Gasteiger partial charge >= 0.3 is 0 Å². The number of hydrogen-bond acceptors (Lipinski definition) is 4. The highest BCUT2D eigenvalue weighted by Gasteiger charge is 2.29. The second-order valence-corrected chi connectivity index (χ2v) is 4.24. The molecule has 0 aliphatic carbocycles. The van der Waals surface area contributed by atoms with E-state index in [1.807, 2.05) is 13.8 Å². The lowest BCUT2D eigenvalue weighted by Crippen LogP contribution is -2.42. The van der Waals surface area contributed by atoms with Crippen LogP contribution in [0.3, 0.4) is 0 Å². The quantitative estimate of drug-likeness (QED) is 0.863. The summed E-state index contributed by atoms with van der Waals surface area (Å²) < 4.78 is 4.69. The van der Waals surface area contributed by atoms with E-state index in [9.17, 15) is 4.79 Å². The maximum atomic E-state index is 11.9. The van der Waals surface area contributed by atoms with E-state index in [0.717, 1.165) is 5.69 Å². The molecular weight excluding hydrogens is 230 g/mol. The van der Waals surface area contributed by atoms with Crippen LogP contribution in [-0.4, -0.2) is 29.6 Å². The van der Waals surface area contributed by atoms with Crippen molar-refractivity contribution in [3.05, 3.63) is 18.0 Å². The molecule has 0 aliphatic heterocycles. The topological polar surface area (TPSA) is 72.4 Å². The summed E-state index contributed by atoms with van der Waals surface area (Å²) in [5, 5.41) is 3.75. The summed E-state index contributed by atoms with van der Waals surface area (Å²) in [6, 6.07) is 1.74. The first-order valence-electron chi connectivity index (χ1n) is 4.82. The number of nitrogens with zero attached hydrogens (tertiary/aromatic N) is 2. The number of hydrogen-bond donors (Lipinski definition) is 1. The molecule has 0 fully saturated rings. The molecular formula is C10H18ClN3O2. The Kier molecular flexibility index (Phi) is 5.47. The monoisotopic (exact) mass is 247 g/mol. The van der Waals surface area contributed by atoms with Crippen molar-refractivity contribution in [2.24, 2.45) is 11.1 Å². The second kappa shape index (κ2) is 5.86. The van der Waals surface area contributed by atoms with E-state index < -0.39 is 5.41 Å². The molecule has 16 heavy (non-hydrogen) atoms. The van der Waals surface area contributed by atoms with Crippen LogP contribution in [0, 0.1) is 5.41 Å². The predicted octanol–water partition coefficient (Wildman–Crippen LogP) is 1.04. The Labute approximate surface area is 101 Å². The standard InChI is InChI=1S/C10H17N3O2.ClH/c1-10(2,7-11)9(14)13(3)6-8-4-5-15-12-8;/h4-5H,6-7,11H2,1-3H3;1H. The van der Waals surface area contributed by atoms with Crippen molar-refractivity contribution in [1.29, 1.82) is 0 Å². The van der Waals surface area contributed by atoms with Gasteiger partial charge in [-0.05, 0) is 13.8 Å². The van der Waals surface area contributed by atoms with Crippen LogP contribution in [0.5, 0.6) is 0 Å². The molecule has 0 saturated heterocycles. The third-order valence-corrected chi connectivity index (χ3v) is 2.33. The highest BCUT2D eigenvalue weighted by molar-refractivity contribution is 5.85. The number of carbonyl (C=O) groups excluding carboxylic acids is 1. The smallest absolute Gasteiger partial charge is 0.229 e. The number of halogens is 1. The molecule has 5 nitrogen and oxygen atoms in total. The zero-order chi connectivity index (χ0) is 11.5. The lowest BCUT2D eigenvalue weighted by Gasteiger charge is -2.27. The lowest BCUT2D eigenvalue weighted by molar-refractivity contribution is -0.139. The van der Waals surface area contributed by atoms with E-state index in [4.69, 9.17) is 10.3 Å². The molecule has 0 bridgehead atoms. The average molecular weight is 248 g/mol. The van der Waals surface area contributed by atoms with Gasteiger partial charge in [0.25, 0.3) is 0 Å². The summed E-state index contributed by atoms with van der Waals surface area (Å²) in [6.45, 7) is 4.43. The van der Waals surface area contributed by atoms with Gasteiger partial charge in [-0.2, -0.15) is 0 Å². The molecule has 1 heterocycles. The Balaban J connectivity index is 0.00000225. The summed E-state index contributed by atoms with van der Waals surface area (Å²) in [5.74, 6) is 0.00741. The van der Waals surface area contributed by atoms with Crippen molar-refractivity contribution in [3.8, 4) is 0 Å². The van der Waals surface area contributed by atoms with Crippen molar-refractivity contribution in [1.82, 2.24) is 10.1 Å². The van der Waals surface area contributed by atoms with Gasteiger partial charge in [0.05, 0.1) is 12.0 Å². The van der Waals surface area contributed by atoms with E-state index in [1.165, 1.54) is 6.26 Å². The van der Waals surface area contributed by atoms with Gasteiger partial charge in [-0.25, -0.2) is 0 Å². The van der Waals surface area contributed by atoms with E-state index in [0.29, 0.717) is 13.1 Å². The Hall–Kier alpha value is -1.07. The predicted molar refractivity (Wildman–Crippen MR) is 63.1 cm³/mol. The van der Waals surface area contributed by atoms with Crippen LogP contribution in [0.15, 0.2) is 16.9 Å². The van der Waals surface area contributed by atoms with Crippen molar-refractivity contribution in [2.45, 2.75) is 20.4 Å². The molecule has 1 amide bonds. The minimum atomic E-state index is -0.529. The van der Waals surface area contributed by atoms with Gasteiger partial charge in [0.15, 0.2) is 0 Å².